The largest absolute Gasteiger partial charge is 0.449 e. The predicted octanol–water partition coefficient (Wildman–Crippen LogP) is 5.61. The molecule has 39 heavy (non-hydrogen) atoms. The number of carbonyl (C=O) groups excluding carboxylic acids is 2. The number of nitrogens with one attached hydrogen (secondary N) is 1. The first-order chi connectivity index (χ1) is 18.1. The van der Waals surface area contributed by atoms with E-state index >= 15 is 0 Å². The minimum Gasteiger partial charge on any atom is -0.449 e. The second kappa shape index (κ2) is 9.45. The van der Waals surface area contributed by atoms with Gasteiger partial charge in [-0.3, -0.25) is 14.7 Å². The first-order valence-electron chi connectivity index (χ1n) is 14.1. The number of amides is 2. The molecular weight excluding hydrogens is 492 g/mol. The van der Waals surface area contributed by atoms with E-state index in [2.05, 4.69) is 55.9 Å². The number of H-pyrrole nitrogens is 1. The first kappa shape index (κ1) is 27.3. The first-order valence-corrected chi connectivity index (χ1v) is 14.1. The number of aromatic amines is 1. The van der Waals surface area contributed by atoms with Gasteiger partial charge < -0.3 is 14.2 Å². The quantitative estimate of drug-likeness (QED) is 0.468. The van der Waals surface area contributed by atoms with Crippen molar-refractivity contribution in [3.05, 3.63) is 40.8 Å². The van der Waals surface area contributed by atoms with Gasteiger partial charge in [0.1, 0.15) is 11.3 Å². The SMILES string of the molecule is Cc1n[nH]c(C(=O)N2CCN(C(=O)c3cc4nc(C5CCC(C)(C)CC5)cc(C(C)(C)C)c4o3)C(C)(C)C2)n1. The van der Waals surface area contributed by atoms with Crippen molar-refractivity contribution < 1.29 is 14.0 Å². The Labute approximate surface area is 230 Å². The minimum absolute atomic E-state index is 0.160. The van der Waals surface area contributed by atoms with Crippen molar-refractivity contribution in [2.45, 2.75) is 97.9 Å². The van der Waals surface area contributed by atoms with Crippen LogP contribution >= 0.6 is 0 Å². The molecule has 2 amide bonds. The number of rotatable bonds is 3. The van der Waals surface area contributed by atoms with Gasteiger partial charge >= 0.3 is 0 Å². The molecule has 2 fully saturated rings. The molecule has 0 spiro atoms. The van der Waals surface area contributed by atoms with E-state index in [9.17, 15) is 9.59 Å². The van der Waals surface area contributed by atoms with Crippen LogP contribution in [0.1, 0.15) is 118 Å². The summed E-state index contributed by atoms with van der Waals surface area (Å²) < 4.78 is 6.30. The number of hydrogen-bond donors (Lipinski definition) is 1. The molecule has 1 aliphatic heterocycles. The Hall–Kier alpha value is -3.23. The Bertz CT molecular complexity index is 1400. The van der Waals surface area contributed by atoms with Crippen LogP contribution in [0.15, 0.2) is 16.5 Å². The van der Waals surface area contributed by atoms with E-state index in [0.717, 1.165) is 29.6 Å². The Morgan fingerprint density at radius 2 is 1.72 bits per heavy atom. The average Bonchev–Trinajstić information content (AvgIpc) is 3.47. The zero-order valence-corrected chi connectivity index (χ0v) is 24.6. The third kappa shape index (κ3) is 5.32. The second-order valence-electron chi connectivity index (χ2n) is 13.8. The monoisotopic (exact) mass is 534 g/mol. The van der Waals surface area contributed by atoms with Gasteiger partial charge in [-0.1, -0.05) is 34.6 Å². The van der Waals surface area contributed by atoms with Crippen LogP contribution in [0.4, 0.5) is 0 Å². The summed E-state index contributed by atoms with van der Waals surface area (Å²) in [5, 5.41) is 6.67. The molecule has 1 N–H and O–H groups in total. The number of piperazine rings is 1. The summed E-state index contributed by atoms with van der Waals surface area (Å²) in [7, 11) is 0. The molecule has 0 bridgehead atoms. The number of aromatic nitrogens is 4. The van der Waals surface area contributed by atoms with Crippen LogP contribution < -0.4 is 0 Å². The van der Waals surface area contributed by atoms with Gasteiger partial charge in [0.2, 0.25) is 5.82 Å². The molecule has 9 nitrogen and oxygen atoms in total. The van der Waals surface area contributed by atoms with Gasteiger partial charge in [-0.25, -0.2) is 9.97 Å². The van der Waals surface area contributed by atoms with Gasteiger partial charge in [-0.2, -0.15) is 5.10 Å². The molecule has 0 unspecified atom stereocenters. The lowest BCUT2D eigenvalue weighted by Crippen LogP contribution is -2.62. The van der Waals surface area contributed by atoms with Gasteiger partial charge in [0.15, 0.2) is 11.3 Å². The number of aryl methyl sites for hydroxylation is 1. The predicted molar refractivity (Wildman–Crippen MR) is 150 cm³/mol. The fourth-order valence-corrected chi connectivity index (χ4v) is 6.04. The highest BCUT2D eigenvalue weighted by molar-refractivity contribution is 5.97. The Balaban J connectivity index is 1.41. The lowest BCUT2D eigenvalue weighted by Gasteiger charge is -2.46. The molecule has 0 radical (unpaired) electrons. The molecule has 9 heteroatoms. The van der Waals surface area contributed by atoms with E-state index in [1.165, 1.54) is 12.8 Å². The number of fused-ring (bicyclic) bond motifs is 1. The Morgan fingerprint density at radius 3 is 2.31 bits per heavy atom. The van der Waals surface area contributed by atoms with Crippen LogP contribution in [0.3, 0.4) is 0 Å². The average molecular weight is 535 g/mol. The van der Waals surface area contributed by atoms with E-state index in [1.54, 1.807) is 16.7 Å². The smallest absolute Gasteiger partial charge is 0.291 e. The Morgan fingerprint density at radius 1 is 1.03 bits per heavy atom. The molecule has 1 saturated carbocycles. The lowest BCUT2D eigenvalue weighted by atomic mass is 9.72. The number of pyridine rings is 1. The number of nitrogens with zero attached hydrogens (tertiary/aromatic N) is 5. The summed E-state index contributed by atoms with van der Waals surface area (Å²) in [6.07, 6.45) is 4.64. The normalized spacial score (nSPS) is 20.0. The summed E-state index contributed by atoms with van der Waals surface area (Å²) in [5.74, 6) is 1.08. The van der Waals surface area contributed by atoms with E-state index in [1.807, 2.05) is 19.9 Å². The molecule has 1 aliphatic carbocycles. The van der Waals surface area contributed by atoms with E-state index < -0.39 is 5.54 Å². The van der Waals surface area contributed by atoms with Crippen LogP contribution in [0, 0.1) is 12.3 Å². The van der Waals surface area contributed by atoms with Crippen molar-refractivity contribution in [2.24, 2.45) is 5.41 Å². The highest BCUT2D eigenvalue weighted by atomic mass is 16.3. The van der Waals surface area contributed by atoms with Crippen molar-refractivity contribution in [1.29, 1.82) is 0 Å². The van der Waals surface area contributed by atoms with E-state index in [0.29, 0.717) is 48.1 Å². The molecule has 3 aromatic rings. The number of hydrogen-bond acceptors (Lipinski definition) is 6. The summed E-state index contributed by atoms with van der Waals surface area (Å²) in [6.45, 7) is 18.1. The second-order valence-corrected chi connectivity index (χ2v) is 13.8. The maximum atomic E-state index is 13.8. The van der Waals surface area contributed by atoms with Crippen molar-refractivity contribution in [2.75, 3.05) is 19.6 Å². The zero-order valence-electron chi connectivity index (χ0n) is 24.6. The topological polar surface area (TPSA) is 108 Å². The van der Waals surface area contributed by atoms with Crippen LogP contribution in [0.25, 0.3) is 11.1 Å². The van der Waals surface area contributed by atoms with Crippen LogP contribution in [0.2, 0.25) is 0 Å². The van der Waals surface area contributed by atoms with Crippen LogP contribution in [-0.2, 0) is 5.41 Å². The van der Waals surface area contributed by atoms with E-state index in [4.69, 9.17) is 9.40 Å². The van der Waals surface area contributed by atoms with E-state index in [-0.39, 0.29) is 23.1 Å². The third-order valence-electron chi connectivity index (χ3n) is 8.51. The standard InChI is InChI=1S/C30H42N6O3/c1-18-31-25(34-33-18)27(38)35-13-14-36(30(7,8)17-35)26(37)23-16-22-24(39-23)20(28(2,3)4)15-21(32-22)19-9-11-29(5,6)12-10-19/h15-16,19H,9-14,17H2,1-8H3,(H,31,33,34). The van der Waals surface area contributed by atoms with Crippen molar-refractivity contribution in [1.82, 2.24) is 30.0 Å². The molecule has 1 saturated heterocycles. The zero-order chi connectivity index (χ0) is 28.3. The van der Waals surface area contributed by atoms with Crippen molar-refractivity contribution >= 4 is 22.9 Å². The van der Waals surface area contributed by atoms with Crippen LogP contribution in [-0.4, -0.2) is 67.0 Å². The number of carbonyl (C=O) groups is 2. The molecule has 5 rings (SSSR count). The molecule has 0 aromatic carbocycles. The maximum absolute atomic E-state index is 13.8. The summed E-state index contributed by atoms with van der Waals surface area (Å²) in [4.78, 5) is 39.5. The molecule has 2 aliphatic rings. The van der Waals surface area contributed by atoms with Gasteiger partial charge in [-0.15, -0.1) is 0 Å². The molecule has 210 valence electrons. The minimum atomic E-state index is -0.598. The summed E-state index contributed by atoms with van der Waals surface area (Å²) in [5.41, 5.74) is 3.26. The number of furan rings is 1. The molecular formula is C30H42N6O3. The van der Waals surface area contributed by atoms with Gasteiger partial charge in [0.25, 0.3) is 11.8 Å². The van der Waals surface area contributed by atoms with Crippen LogP contribution in [0.5, 0.6) is 0 Å². The maximum Gasteiger partial charge on any atom is 0.291 e. The Kier molecular flexibility index (Phi) is 6.63. The van der Waals surface area contributed by atoms with Gasteiger partial charge in [0, 0.05) is 42.9 Å². The molecule has 3 aromatic heterocycles. The van der Waals surface area contributed by atoms with Gasteiger partial charge in [-0.05, 0) is 63.4 Å². The fourth-order valence-electron chi connectivity index (χ4n) is 6.04. The van der Waals surface area contributed by atoms with Crippen molar-refractivity contribution in [3.8, 4) is 0 Å². The van der Waals surface area contributed by atoms with Crippen molar-refractivity contribution in [3.63, 3.8) is 0 Å². The lowest BCUT2D eigenvalue weighted by molar-refractivity contribution is 0.0146. The summed E-state index contributed by atoms with van der Waals surface area (Å²) in [6, 6.07) is 4.02. The summed E-state index contributed by atoms with van der Waals surface area (Å²) >= 11 is 0. The van der Waals surface area contributed by atoms with Gasteiger partial charge in [0.05, 0.1) is 5.54 Å². The third-order valence-corrected chi connectivity index (χ3v) is 8.51. The molecule has 4 heterocycles. The molecule has 0 atom stereocenters. The highest BCUT2D eigenvalue weighted by Crippen LogP contribution is 2.43. The fraction of sp³-hybridized carbons (Fsp3) is 0.633. The highest BCUT2D eigenvalue weighted by Gasteiger charge is 2.41.